The fraction of sp³-hybridized carbons (Fsp3) is 0.571. The molecule has 0 amide bonds. The number of benzene rings is 1. The molecule has 0 aliphatic heterocycles. The fourth-order valence-electron chi connectivity index (χ4n) is 2.18. The highest BCUT2D eigenvalue weighted by molar-refractivity contribution is 7.89. The molecule has 1 aromatic carbocycles. The lowest BCUT2D eigenvalue weighted by Crippen LogP contribution is -2.33. The van der Waals surface area contributed by atoms with Gasteiger partial charge in [-0.2, -0.15) is 0 Å². The summed E-state index contributed by atoms with van der Waals surface area (Å²) in [6, 6.07) is 6.37. The maximum absolute atomic E-state index is 12.9. The number of unbranched alkanes of at least 4 members (excludes halogenated alkanes) is 1. The van der Waals surface area contributed by atoms with Crippen LogP contribution in [0.25, 0.3) is 0 Å². The van der Waals surface area contributed by atoms with Gasteiger partial charge in [-0.15, -0.1) is 0 Å². The minimum absolute atomic E-state index is 0.118. The van der Waals surface area contributed by atoms with Crippen LogP contribution < -0.4 is 4.72 Å². The standard InChI is InChI=1S/C14H20FNO2S/c1-2-3-10-19(17,18)16-11-14(8-9-14)12-4-6-13(15)7-5-12/h4-7,16H,2-3,8-11H2,1H3. The summed E-state index contributed by atoms with van der Waals surface area (Å²) in [4.78, 5) is 0. The molecule has 0 bridgehead atoms. The Balaban J connectivity index is 1.97. The largest absolute Gasteiger partial charge is 0.214 e. The Morgan fingerprint density at radius 2 is 1.89 bits per heavy atom. The maximum atomic E-state index is 12.9. The molecule has 1 aliphatic carbocycles. The lowest BCUT2D eigenvalue weighted by molar-refractivity contribution is 0.563. The molecule has 1 aromatic rings. The first kappa shape index (κ1) is 14.5. The first-order valence-corrected chi connectivity index (χ1v) is 8.36. The van der Waals surface area contributed by atoms with Crippen LogP contribution in [0.2, 0.25) is 0 Å². The Hall–Kier alpha value is -0.940. The molecular formula is C14H20FNO2S. The van der Waals surface area contributed by atoms with Gasteiger partial charge in [-0.05, 0) is 37.0 Å². The Kier molecular flexibility index (Phi) is 4.26. The van der Waals surface area contributed by atoms with Crippen LogP contribution in [0, 0.1) is 5.82 Å². The highest BCUT2D eigenvalue weighted by atomic mass is 32.2. The topological polar surface area (TPSA) is 46.2 Å². The first-order chi connectivity index (χ1) is 8.97. The summed E-state index contributed by atoms with van der Waals surface area (Å²) in [7, 11) is -3.18. The smallest absolute Gasteiger partial charge is 0.211 e. The van der Waals surface area contributed by atoms with Gasteiger partial charge in [-0.3, -0.25) is 0 Å². The zero-order valence-electron chi connectivity index (χ0n) is 11.2. The van der Waals surface area contributed by atoms with Crippen molar-refractivity contribution in [3.05, 3.63) is 35.6 Å². The number of halogens is 1. The summed E-state index contributed by atoms with van der Waals surface area (Å²) in [6.07, 6.45) is 3.45. The third-order valence-electron chi connectivity index (χ3n) is 3.71. The molecule has 106 valence electrons. The van der Waals surface area contributed by atoms with Gasteiger partial charge in [0.05, 0.1) is 5.75 Å². The monoisotopic (exact) mass is 285 g/mol. The molecule has 1 N–H and O–H groups in total. The zero-order valence-corrected chi connectivity index (χ0v) is 12.0. The number of sulfonamides is 1. The molecule has 0 radical (unpaired) electrons. The third kappa shape index (κ3) is 3.76. The van der Waals surface area contributed by atoms with Crippen molar-refractivity contribution in [2.45, 2.75) is 38.0 Å². The second-order valence-corrected chi connectivity index (χ2v) is 7.21. The molecule has 0 unspecified atom stereocenters. The maximum Gasteiger partial charge on any atom is 0.211 e. The number of hydrogen-bond donors (Lipinski definition) is 1. The van der Waals surface area contributed by atoms with E-state index in [0.29, 0.717) is 13.0 Å². The summed E-state index contributed by atoms with van der Waals surface area (Å²) in [5, 5.41) is 0. The minimum atomic E-state index is -3.18. The number of rotatable bonds is 7. The van der Waals surface area contributed by atoms with Gasteiger partial charge >= 0.3 is 0 Å². The predicted octanol–water partition coefficient (Wildman–Crippen LogP) is 2.58. The summed E-state index contributed by atoms with van der Waals surface area (Å²) in [5.74, 6) is -0.0775. The normalized spacial score (nSPS) is 17.4. The Morgan fingerprint density at radius 1 is 1.26 bits per heavy atom. The van der Waals surface area contributed by atoms with Crippen molar-refractivity contribution < 1.29 is 12.8 Å². The molecule has 3 nitrogen and oxygen atoms in total. The van der Waals surface area contributed by atoms with Crippen LogP contribution in [-0.2, 0) is 15.4 Å². The van der Waals surface area contributed by atoms with Crippen molar-refractivity contribution in [1.82, 2.24) is 4.72 Å². The molecule has 2 rings (SSSR count). The predicted molar refractivity (Wildman–Crippen MR) is 74.0 cm³/mol. The van der Waals surface area contributed by atoms with Crippen molar-refractivity contribution in [2.24, 2.45) is 0 Å². The average molecular weight is 285 g/mol. The van der Waals surface area contributed by atoms with Crippen molar-refractivity contribution in [3.63, 3.8) is 0 Å². The van der Waals surface area contributed by atoms with Crippen molar-refractivity contribution in [3.8, 4) is 0 Å². The van der Waals surface area contributed by atoms with Crippen LogP contribution in [0.15, 0.2) is 24.3 Å². The molecular weight excluding hydrogens is 265 g/mol. The quantitative estimate of drug-likeness (QED) is 0.837. The van der Waals surface area contributed by atoms with E-state index in [1.807, 2.05) is 6.92 Å². The van der Waals surface area contributed by atoms with Gasteiger partial charge in [0.1, 0.15) is 5.82 Å². The minimum Gasteiger partial charge on any atom is -0.214 e. The highest BCUT2D eigenvalue weighted by Crippen LogP contribution is 2.47. The lowest BCUT2D eigenvalue weighted by Gasteiger charge is -2.16. The van der Waals surface area contributed by atoms with E-state index in [1.165, 1.54) is 12.1 Å². The average Bonchev–Trinajstić information content (AvgIpc) is 3.16. The Labute approximate surface area is 114 Å². The van der Waals surface area contributed by atoms with E-state index in [2.05, 4.69) is 4.72 Å². The molecule has 0 atom stereocenters. The molecule has 0 saturated heterocycles. The third-order valence-corrected chi connectivity index (χ3v) is 5.12. The lowest BCUT2D eigenvalue weighted by atomic mass is 9.96. The molecule has 5 heteroatoms. The van der Waals surface area contributed by atoms with E-state index < -0.39 is 10.0 Å². The van der Waals surface area contributed by atoms with Crippen LogP contribution >= 0.6 is 0 Å². The second-order valence-electron chi connectivity index (χ2n) is 5.28. The molecule has 0 spiro atoms. The van der Waals surface area contributed by atoms with Gasteiger partial charge in [0.25, 0.3) is 0 Å². The molecule has 0 heterocycles. The zero-order chi connectivity index (χ0) is 13.9. The van der Waals surface area contributed by atoms with Crippen LogP contribution in [0.4, 0.5) is 4.39 Å². The van der Waals surface area contributed by atoms with E-state index in [4.69, 9.17) is 0 Å². The summed E-state index contributed by atoms with van der Waals surface area (Å²) in [6.45, 7) is 2.39. The van der Waals surface area contributed by atoms with E-state index in [9.17, 15) is 12.8 Å². The van der Waals surface area contributed by atoms with Crippen LogP contribution in [0.1, 0.15) is 38.2 Å². The van der Waals surface area contributed by atoms with Crippen molar-refractivity contribution in [1.29, 1.82) is 0 Å². The first-order valence-electron chi connectivity index (χ1n) is 6.71. The molecule has 1 saturated carbocycles. The second kappa shape index (κ2) is 5.59. The van der Waals surface area contributed by atoms with Gasteiger partial charge in [0.15, 0.2) is 0 Å². The van der Waals surface area contributed by atoms with E-state index in [0.717, 1.165) is 24.8 Å². The Bertz CT molecular complexity index is 521. The van der Waals surface area contributed by atoms with Crippen molar-refractivity contribution in [2.75, 3.05) is 12.3 Å². The van der Waals surface area contributed by atoms with E-state index in [1.54, 1.807) is 12.1 Å². The highest BCUT2D eigenvalue weighted by Gasteiger charge is 2.44. The summed E-state index contributed by atoms with van der Waals surface area (Å²) < 4.78 is 39.1. The van der Waals surface area contributed by atoms with Crippen LogP contribution in [0.3, 0.4) is 0 Å². The SMILES string of the molecule is CCCCS(=O)(=O)NCC1(c2ccc(F)cc2)CC1. The number of nitrogens with one attached hydrogen (secondary N) is 1. The van der Waals surface area contributed by atoms with Crippen LogP contribution in [0.5, 0.6) is 0 Å². The van der Waals surface area contributed by atoms with E-state index >= 15 is 0 Å². The van der Waals surface area contributed by atoms with Crippen LogP contribution in [-0.4, -0.2) is 20.7 Å². The summed E-state index contributed by atoms with van der Waals surface area (Å²) in [5.41, 5.74) is 0.902. The molecule has 0 aromatic heterocycles. The molecule has 19 heavy (non-hydrogen) atoms. The summed E-state index contributed by atoms with van der Waals surface area (Å²) >= 11 is 0. The molecule has 1 aliphatic rings. The number of hydrogen-bond acceptors (Lipinski definition) is 2. The van der Waals surface area contributed by atoms with E-state index in [-0.39, 0.29) is 17.0 Å². The fourth-order valence-corrected chi connectivity index (χ4v) is 3.49. The van der Waals surface area contributed by atoms with Gasteiger partial charge < -0.3 is 0 Å². The molecule has 1 fully saturated rings. The Morgan fingerprint density at radius 3 is 2.42 bits per heavy atom. The van der Waals surface area contributed by atoms with Gasteiger partial charge in [-0.25, -0.2) is 17.5 Å². The van der Waals surface area contributed by atoms with Gasteiger partial charge in [0, 0.05) is 12.0 Å². The van der Waals surface area contributed by atoms with Gasteiger partial charge in [0.2, 0.25) is 10.0 Å². The van der Waals surface area contributed by atoms with Crippen molar-refractivity contribution >= 4 is 10.0 Å². The van der Waals surface area contributed by atoms with Gasteiger partial charge in [-0.1, -0.05) is 25.5 Å².